The number of hydrogen-bond acceptors (Lipinski definition) is 9. The fourth-order valence-electron chi connectivity index (χ4n) is 8.16. The Bertz CT molecular complexity index is 2830. The highest BCUT2D eigenvalue weighted by Gasteiger charge is 2.29. The molecule has 2 saturated heterocycles. The Labute approximate surface area is 337 Å². The summed E-state index contributed by atoms with van der Waals surface area (Å²) >= 11 is 0. The highest BCUT2D eigenvalue weighted by atomic mass is 19.1. The molecule has 2 N–H and O–H groups in total. The van der Waals surface area contributed by atoms with Crippen molar-refractivity contribution in [2.75, 3.05) is 49.3 Å². The van der Waals surface area contributed by atoms with Gasteiger partial charge in [0.05, 0.1) is 35.7 Å². The van der Waals surface area contributed by atoms with Crippen LogP contribution in [0.5, 0.6) is 5.75 Å². The van der Waals surface area contributed by atoms with Crippen molar-refractivity contribution in [3.63, 3.8) is 0 Å². The Kier molecular flexibility index (Phi) is 9.82. The Balaban J connectivity index is 0.980. The van der Waals surface area contributed by atoms with Gasteiger partial charge < -0.3 is 28.7 Å². The monoisotopic (exact) mass is 794 g/mol. The zero-order chi connectivity index (χ0) is 40.8. The van der Waals surface area contributed by atoms with Gasteiger partial charge in [-0.2, -0.15) is 0 Å². The second-order valence-electron chi connectivity index (χ2n) is 14.8. The third-order valence-electron chi connectivity index (χ3n) is 11.2. The summed E-state index contributed by atoms with van der Waals surface area (Å²) in [6.45, 7) is 4.11. The fraction of sp³-hybridized carbons (Fsp3) is 0.267. The average molecular weight is 795 g/mol. The Morgan fingerprint density at radius 1 is 0.949 bits per heavy atom. The molecule has 4 amide bonds. The number of imide groups is 1. The van der Waals surface area contributed by atoms with Gasteiger partial charge in [-0.05, 0) is 79.8 Å². The quantitative estimate of drug-likeness (QED) is 0.182. The van der Waals surface area contributed by atoms with E-state index >= 15 is 4.39 Å². The molecule has 2 fully saturated rings. The lowest BCUT2D eigenvalue weighted by molar-refractivity contribution is -0.120. The zero-order valence-electron chi connectivity index (χ0n) is 32.4. The number of ether oxygens (including phenoxy) is 2. The summed E-state index contributed by atoms with van der Waals surface area (Å²) in [5.74, 6) is 5.26. The molecular weight excluding hydrogens is 756 g/mol. The van der Waals surface area contributed by atoms with Gasteiger partial charge in [0.25, 0.3) is 11.5 Å². The summed E-state index contributed by atoms with van der Waals surface area (Å²) in [6.07, 6.45) is 4.85. The minimum Gasteiger partial charge on any atom is -0.490 e. The molecule has 0 radical (unpaired) electrons. The van der Waals surface area contributed by atoms with Gasteiger partial charge in [0.15, 0.2) is 0 Å². The number of nitrogens with zero attached hydrogens (tertiary/aromatic N) is 4. The first-order chi connectivity index (χ1) is 28.6. The van der Waals surface area contributed by atoms with Gasteiger partial charge in [-0.1, -0.05) is 17.9 Å². The van der Waals surface area contributed by atoms with Crippen LogP contribution in [0.1, 0.15) is 52.4 Å². The van der Waals surface area contributed by atoms with Crippen LogP contribution in [0.2, 0.25) is 0 Å². The van der Waals surface area contributed by atoms with Gasteiger partial charge in [-0.15, -0.1) is 0 Å². The first-order valence-corrected chi connectivity index (χ1v) is 19.5. The predicted octanol–water partition coefficient (Wildman–Crippen LogP) is 6.45. The van der Waals surface area contributed by atoms with Crippen molar-refractivity contribution < 1.29 is 32.7 Å². The number of anilines is 3. The Hall–Kier alpha value is -6.98. The second-order valence-corrected chi connectivity index (χ2v) is 14.8. The third kappa shape index (κ3) is 7.03. The molecule has 0 spiro atoms. The molecular formula is C45H39FN6O7. The normalized spacial score (nSPS) is 15.7. The van der Waals surface area contributed by atoms with E-state index in [0.29, 0.717) is 65.6 Å². The van der Waals surface area contributed by atoms with Crippen molar-refractivity contribution in [3.05, 3.63) is 112 Å². The lowest BCUT2D eigenvalue weighted by atomic mass is 9.90. The molecule has 13 nitrogen and oxygen atoms in total. The molecule has 0 bridgehead atoms. The first kappa shape index (κ1) is 37.6. The minimum absolute atomic E-state index is 0.0233. The Morgan fingerprint density at radius 2 is 1.80 bits per heavy atom. The molecule has 59 heavy (non-hydrogen) atoms. The van der Waals surface area contributed by atoms with Crippen LogP contribution in [0.25, 0.3) is 33.0 Å². The lowest BCUT2D eigenvalue weighted by Gasteiger charge is -2.34. The summed E-state index contributed by atoms with van der Waals surface area (Å²) in [4.78, 5) is 58.5. The number of urea groups is 1. The average Bonchev–Trinajstić information content (AvgIpc) is 3.67. The van der Waals surface area contributed by atoms with Crippen LogP contribution in [0, 0.1) is 24.6 Å². The van der Waals surface area contributed by atoms with Crippen LogP contribution < -0.4 is 30.7 Å². The maximum absolute atomic E-state index is 16.5. The van der Waals surface area contributed by atoms with E-state index < -0.39 is 17.8 Å². The van der Waals surface area contributed by atoms with Crippen LogP contribution in [0.15, 0.2) is 82.3 Å². The number of aryl methyl sites for hydroxylation is 2. The number of nitrogens with one attached hydrogen (secondary N) is 2. The molecule has 298 valence electrons. The van der Waals surface area contributed by atoms with E-state index in [-0.39, 0.29) is 53.7 Å². The summed E-state index contributed by atoms with van der Waals surface area (Å²) in [6, 6.07) is 17.2. The van der Waals surface area contributed by atoms with Crippen molar-refractivity contribution in [1.82, 2.24) is 20.2 Å². The van der Waals surface area contributed by atoms with Crippen molar-refractivity contribution in [2.45, 2.75) is 32.1 Å². The van der Waals surface area contributed by atoms with E-state index in [2.05, 4.69) is 39.6 Å². The minimum atomic E-state index is -0.558. The maximum Gasteiger partial charge on any atom is 0.328 e. The molecule has 3 aliphatic heterocycles. The van der Waals surface area contributed by atoms with E-state index in [1.807, 2.05) is 11.0 Å². The maximum atomic E-state index is 16.5. The molecule has 0 saturated carbocycles. The van der Waals surface area contributed by atoms with Crippen LogP contribution in [0.4, 0.5) is 26.2 Å². The van der Waals surface area contributed by atoms with E-state index in [4.69, 9.17) is 13.9 Å². The number of aromatic nitrogens is 2. The molecule has 3 aromatic heterocycles. The predicted molar refractivity (Wildman–Crippen MR) is 220 cm³/mol. The van der Waals surface area contributed by atoms with Gasteiger partial charge in [-0.25, -0.2) is 9.18 Å². The SMILES string of the molecule is Cc1cc2c(N3CCOc4cc(-c5cccnc5C(=O)NCC#Cc5ccc6occ(N7CCC(=O)NC7=O)c6c5)c(F)cc43)cc(C3CCOCC3)cc2n(C)c1=O. The second kappa shape index (κ2) is 15.4. The zero-order valence-corrected chi connectivity index (χ0v) is 32.4. The number of benzene rings is 3. The largest absolute Gasteiger partial charge is 0.490 e. The van der Waals surface area contributed by atoms with Crippen molar-refractivity contribution >= 4 is 56.8 Å². The van der Waals surface area contributed by atoms with E-state index in [9.17, 15) is 19.2 Å². The molecule has 6 aromatic rings. The van der Waals surface area contributed by atoms with Crippen LogP contribution in [-0.2, 0) is 16.6 Å². The summed E-state index contributed by atoms with van der Waals surface area (Å²) in [5.41, 5.74) is 6.01. The summed E-state index contributed by atoms with van der Waals surface area (Å²) in [7, 11) is 1.78. The van der Waals surface area contributed by atoms with Crippen LogP contribution in [0.3, 0.4) is 0 Å². The van der Waals surface area contributed by atoms with E-state index in [0.717, 1.165) is 35.0 Å². The number of rotatable bonds is 6. The van der Waals surface area contributed by atoms with Crippen LogP contribution >= 0.6 is 0 Å². The third-order valence-corrected chi connectivity index (χ3v) is 11.2. The molecule has 0 unspecified atom stereocenters. The first-order valence-electron chi connectivity index (χ1n) is 19.5. The number of carbonyl (C=O) groups excluding carboxylic acids is 3. The molecule has 9 rings (SSSR count). The molecule has 6 heterocycles. The number of hydrogen-bond donors (Lipinski definition) is 2. The van der Waals surface area contributed by atoms with Gasteiger partial charge in [-0.3, -0.25) is 29.6 Å². The fourth-order valence-corrected chi connectivity index (χ4v) is 8.16. The highest BCUT2D eigenvalue weighted by molar-refractivity contribution is 6.09. The molecule has 3 aromatic carbocycles. The number of halogens is 1. The van der Waals surface area contributed by atoms with E-state index in [1.165, 1.54) is 23.4 Å². The molecule has 14 heteroatoms. The van der Waals surface area contributed by atoms with Gasteiger partial charge in [0.2, 0.25) is 5.91 Å². The standard InChI is InChI=1S/C45H39FN6O7/c1-26-19-32-35(50(2)44(26)55)21-29(28-10-16-57-17-11-28)22-36(32)51-15-18-58-40-23-31(34(46)24-37(40)51)30-6-4-12-47-42(30)43(54)48-13-3-5-27-7-8-39-33(20-27)38(25-59-39)52-14-9-41(53)49-45(52)56/h4,6-8,12,19-25,28H,9-11,13-18H2,1-2H3,(H,48,54)(H,49,53,56). The van der Waals surface area contributed by atoms with Gasteiger partial charge in [0, 0.05) is 78.5 Å². The van der Waals surface area contributed by atoms with Crippen molar-refractivity contribution in [3.8, 4) is 28.7 Å². The number of amides is 4. The van der Waals surface area contributed by atoms with Gasteiger partial charge in [0.1, 0.15) is 35.7 Å². The molecule has 3 aliphatic rings. The van der Waals surface area contributed by atoms with Crippen molar-refractivity contribution in [1.29, 1.82) is 0 Å². The lowest BCUT2D eigenvalue weighted by Crippen LogP contribution is -2.49. The topological polar surface area (TPSA) is 148 Å². The number of fused-ring (bicyclic) bond motifs is 3. The van der Waals surface area contributed by atoms with E-state index in [1.54, 1.807) is 54.9 Å². The number of furan rings is 1. The Morgan fingerprint density at radius 3 is 2.63 bits per heavy atom. The molecule has 0 atom stereocenters. The highest BCUT2D eigenvalue weighted by Crippen LogP contribution is 2.44. The number of pyridine rings is 2. The van der Waals surface area contributed by atoms with Crippen LogP contribution in [-0.4, -0.2) is 66.9 Å². The summed E-state index contributed by atoms with van der Waals surface area (Å²) < 4.78 is 35.6. The van der Waals surface area contributed by atoms with Crippen molar-refractivity contribution in [2.24, 2.45) is 7.05 Å². The summed E-state index contributed by atoms with van der Waals surface area (Å²) in [5, 5.41) is 6.62. The number of carbonyl (C=O) groups is 3. The van der Waals surface area contributed by atoms with Gasteiger partial charge >= 0.3 is 6.03 Å². The smallest absolute Gasteiger partial charge is 0.328 e. The molecule has 0 aliphatic carbocycles.